The van der Waals surface area contributed by atoms with Crippen LogP contribution >= 0.6 is 0 Å². The molecule has 3 rings (SSSR count). The molecule has 8 heteroatoms. The Morgan fingerprint density at radius 1 is 1.10 bits per heavy atom. The van der Waals surface area contributed by atoms with Crippen LogP contribution in [0.15, 0.2) is 48.5 Å². The van der Waals surface area contributed by atoms with Gasteiger partial charge >= 0.3 is 6.03 Å². The number of amides is 3. The second kappa shape index (κ2) is 9.07. The van der Waals surface area contributed by atoms with Crippen molar-refractivity contribution >= 4 is 29.3 Å². The first-order valence-corrected chi connectivity index (χ1v) is 10.2. The van der Waals surface area contributed by atoms with Gasteiger partial charge in [0.2, 0.25) is 0 Å². The van der Waals surface area contributed by atoms with Crippen molar-refractivity contribution < 1.29 is 14.3 Å². The van der Waals surface area contributed by atoms with Crippen molar-refractivity contribution in [3.8, 4) is 5.75 Å². The van der Waals surface area contributed by atoms with Gasteiger partial charge < -0.3 is 20.7 Å². The third-order valence-corrected chi connectivity index (χ3v) is 5.10. The van der Waals surface area contributed by atoms with Gasteiger partial charge in [-0.05, 0) is 61.2 Å². The molecule has 164 valence electrons. The predicted octanol–water partition coefficient (Wildman–Crippen LogP) is 4.01. The van der Waals surface area contributed by atoms with Crippen LogP contribution in [0.3, 0.4) is 0 Å². The number of anilines is 2. The monoisotopic (exact) mass is 423 g/mol. The number of carbonyl (C=O) groups excluding carboxylic acids is 2. The molecule has 1 atom stereocenters. The summed E-state index contributed by atoms with van der Waals surface area (Å²) in [5.41, 5.74) is 1.40. The van der Waals surface area contributed by atoms with Crippen LogP contribution in [0.4, 0.5) is 16.2 Å². The summed E-state index contributed by atoms with van der Waals surface area (Å²) in [5.74, 6) is 1.08. The zero-order valence-corrected chi connectivity index (χ0v) is 18.3. The summed E-state index contributed by atoms with van der Waals surface area (Å²) in [6.45, 7) is 6.26. The second-order valence-electron chi connectivity index (χ2n) is 8.30. The molecule has 0 saturated carbocycles. The average molecular weight is 424 g/mol. The SMILES string of the molecule is COc1ccc(NC(=O)Nc2ccc(CN3C(=N)NC(C)(CC(C)C)C3=O)cc2)cc1. The van der Waals surface area contributed by atoms with Gasteiger partial charge in [0.25, 0.3) is 5.91 Å². The maximum absolute atomic E-state index is 12.9. The lowest BCUT2D eigenvalue weighted by molar-refractivity contribution is -0.131. The minimum absolute atomic E-state index is 0.0905. The molecule has 0 bridgehead atoms. The number of guanidine groups is 1. The molecule has 1 fully saturated rings. The van der Waals surface area contributed by atoms with Gasteiger partial charge in [-0.3, -0.25) is 15.1 Å². The maximum atomic E-state index is 12.9. The molecule has 1 unspecified atom stereocenters. The first-order chi connectivity index (χ1) is 14.7. The van der Waals surface area contributed by atoms with Crippen LogP contribution in [0.25, 0.3) is 0 Å². The lowest BCUT2D eigenvalue weighted by atomic mass is 9.91. The van der Waals surface area contributed by atoms with E-state index < -0.39 is 5.54 Å². The molecule has 3 amide bonds. The zero-order valence-electron chi connectivity index (χ0n) is 18.3. The van der Waals surface area contributed by atoms with Crippen molar-refractivity contribution in [2.75, 3.05) is 17.7 Å². The van der Waals surface area contributed by atoms with E-state index in [0.717, 1.165) is 5.56 Å². The standard InChI is InChI=1S/C23H29N5O3/c1-15(2)13-23(3)20(29)28(21(24)27-23)14-16-5-7-17(8-6-16)25-22(30)26-18-9-11-19(31-4)12-10-18/h5-12,15H,13-14H2,1-4H3,(H2,24,27)(H2,25,26,30). The molecule has 0 aliphatic carbocycles. The van der Waals surface area contributed by atoms with E-state index in [1.165, 1.54) is 4.90 Å². The minimum atomic E-state index is -0.744. The molecule has 2 aromatic carbocycles. The molecule has 0 spiro atoms. The third-order valence-electron chi connectivity index (χ3n) is 5.10. The summed E-state index contributed by atoms with van der Waals surface area (Å²) in [7, 11) is 1.59. The quantitative estimate of drug-likeness (QED) is 0.540. The molecule has 1 saturated heterocycles. The van der Waals surface area contributed by atoms with Gasteiger partial charge in [-0.1, -0.05) is 26.0 Å². The van der Waals surface area contributed by atoms with Crippen molar-refractivity contribution in [2.45, 2.75) is 39.3 Å². The zero-order chi connectivity index (χ0) is 22.6. The van der Waals surface area contributed by atoms with E-state index in [1.54, 1.807) is 43.5 Å². The number of ether oxygens (including phenoxy) is 1. The van der Waals surface area contributed by atoms with Crippen molar-refractivity contribution in [3.63, 3.8) is 0 Å². The van der Waals surface area contributed by atoms with Gasteiger partial charge in [0.1, 0.15) is 11.3 Å². The third kappa shape index (κ3) is 5.33. The minimum Gasteiger partial charge on any atom is -0.497 e. The Morgan fingerprint density at radius 3 is 2.16 bits per heavy atom. The van der Waals surface area contributed by atoms with Crippen molar-refractivity contribution in [1.29, 1.82) is 5.41 Å². The Morgan fingerprint density at radius 2 is 1.65 bits per heavy atom. The number of hydrogen-bond donors (Lipinski definition) is 4. The predicted molar refractivity (Wildman–Crippen MR) is 121 cm³/mol. The molecule has 4 N–H and O–H groups in total. The summed E-state index contributed by atoms with van der Waals surface area (Å²) < 4.78 is 5.10. The fourth-order valence-electron chi connectivity index (χ4n) is 3.73. The van der Waals surface area contributed by atoms with Gasteiger partial charge in [0.05, 0.1) is 13.7 Å². The van der Waals surface area contributed by atoms with Crippen LogP contribution in [0.2, 0.25) is 0 Å². The average Bonchev–Trinajstić information content (AvgIpc) is 2.92. The largest absolute Gasteiger partial charge is 0.497 e. The highest BCUT2D eigenvalue weighted by molar-refractivity contribution is 6.07. The van der Waals surface area contributed by atoms with Crippen LogP contribution in [0.5, 0.6) is 5.75 Å². The smallest absolute Gasteiger partial charge is 0.323 e. The van der Waals surface area contributed by atoms with E-state index in [2.05, 4.69) is 29.8 Å². The summed E-state index contributed by atoms with van der Waals surface area (Å²) >= 11 is 0. The Hall–Kier alpha value is -3.55. The van der Waals surface area contributed by atoms with Crippen LogP contribution in [0.1, 0.15) is 32.8 Å². The van der Waals surface area contributed by atoms with E-state index in [9.17, 15) is 9.59 Å². The lowest BCUT2D eigenvalue weighted by Gasteiger charge is -2.24. The topological polar surface area (TPSA) is 107 Å². The van der Waals surface area contributed by atoms with E-state index >= 15 is 0 Å². The molecular formula is C23H29N5O3. The molecule has 1 heterocycles. The van der Waals surface area contributed by atoms with E-state index in [1.807, 2.05) is 19.1 Å². The highest BCUT2D eigenvalue weighted by Gasteiger charge is 2.45. The highest BCUT2D eigenvalue weighted by Crippen LogP contribution is 2.26. The molecule has 0 radical (unpaired) electrons. The first-order valence-electron chi connectivity index (χ1n) is 10.2. The van der Waals surface area contributed by atoms with Gasteiger partial charge in [-0.25, -0.2) is 4.79 Å². The molecular weight excluding hydrogens is 394 g/mol. The Labute approximate surface area is 182 Å². The number of rotatable bonds is 7. The Kier molecular flexibility index (Phi) is 6.48. The van der Waals surface area contributed by atoms with Crippen LogP contribution in [-0.4, -0.2) is 35.4 Å². The summed E-state index contributed by atoms with van der Waals surface area (Å²) in [6.07, 6.45) is 0.664. The number of carbonyl (C=O) groups is 2. The van der Waals surface area contributed by atoms with Gasteiger partial charge in [0, 0.05) is 11.4 Å². The Bertz CT molecular complexity index is 956. The van der Waals surface area contributed by atoms with Crippen molar-refractivity contribution in [1.82, 2.24) is 10.2 Å². The van der Waals surface area contributed by atoms with Crippen LogP contribution in [0, 0.1) is 11.3 Å². The number of nitrogens with one attached hydrogen (secondary N) is 4. The maximum Gasteiger partial charge on any atom is 0.323 e. The lowest BCUT2D eigenvalue weighted by Crippen LogP contribution is -2.44. The molecule has 31 heavy (non-hydrogen) atoms. The Balaban J connectivity index is 1.58. The van der Waals surface area contributed by atoms with Crippen LogP contribution in [-0.2, 0) is 11.3 Å². The molecule has 8 nitrogen and oxygen atoms in total. The number of benzene rings is 2. The van der Waals surface area contributed by atoms with Gasteiger partial charge in [-0.2, -0.15) is 0 Å². The summed E-state index contributed by atoms with van der Waals surface area (Å²) in [4.78, 5) is 26.5. The fraction of sp³-hybridized carbons (Fsp3) is 0.348. The normalized spacial score (nSPS) is 18.2. The number of urea groups is 1. The summed E-state index contributed by atoms with van der Waals surface area (Å²) in [6, 6.07) is 13.9. The number of methoxy groups -OCH3 is 1. The van der Waals surface area contributed by atoms with Crippen molar-refractivity contribution in [3.05, 3.63) is 54.1 Å². The molecule has 1 aliphatic rings. The van der Waals surface area contributed by atoms with E-state index in [0.29, 0.717) is 36.0 Å². The number of hydrogen-bond acceptors (Lipinski definition) is 4. The molecule has 0 aromatic heterocycles. The highest BCUT2D eigenvalue weighted by atomic mass is 16.5. The van der Waals surface area contributed by atoms with E-state index in [4.69, 9.17) is 10.1 Å². The molecule has 2 aromatic rings. The van der Waals surface area contributed by atoms with Crippen LogP contribution < -0.4 is 20.7 Å². The number of nitrogens with zero attached hydrogens (tertiary/aromatic N) is 1. The van der Waals surface area contributed by atoms with Crippen molar-refractivity contribution in [2.24, 2.45) is 5.92 Å². The molecule has 1 aliphatic heterocycles. The second-order valence-corrected chi connectivity index (χ2v) is 8.30. The summed E-state index contributed by atoms with van der Waals surface area (Å²) in [5, 5.41) is 16.7. The van der Waals surface area contributed by atoms with Gasteiger partial charge in [-0.15, -0.1) is 0 Å². The first kappa shape index (κ1) is 22.1. The van der Waals surface area contributed by atoms with Gasteiger partial charge in [0.15, 0.2) is 5.96 Å². The fourth-order valence-corrected chi connectivity index (χ4v) is 3.73. The van der Waals surface area contributed by atoms with E-state index in [-0.39, 0.29) is 17.9 Å².